The van der Waals surface area contributed by atoms with Crippen molar-refractivity contribution in [3.05, 3.63) is 29.8 Å². The normalized spacial score (nSPS) is 13.6. The Morgan fingerprint density at radius 1 is 1.12 bits per heavy atom. The van der Waals surface area contributed by atoms with Crippen molar-refractivity contribution in [3.63, 3.8) is 0 Å². The van der Waals surface area contributed by atoms with Crippen LogP contribution < -0.4 is 4.74 Å². The highest BCUT2D eigenvalue weighted by Crippen LogP contribution is 2.24. The average molecular weight is 220 g/mol. The zero-order valence-electron chi connectivity index (χ0n) is 11.2. The first-order chi connectivity index (χ1) is 7.48. The molecule has 0 amide bonds. The van der Waals surface area contributed by atoms with Gasteiger partial charge in [-0.3, -0.25) is 0 Å². The fourth-order valence-electron chi connectivity index (χ4n) is 1.49. The van der Waals surface area contributed by atoms with Gasteiger partial charge in [0.2, 0.25) is 0 Å². The summed E-state index contributed by atoms with van der Waals surface area (Å²) >= 11 is 0. The number of hydrogen-bond acceptors (Lipinski definition) is 1. The van der Waals surface area contributed by atoms with Crippen LogP contribution >= 0.6 is 0 Å². The monoisotopic (exact) mass is 220 g/mol. The van der Waals surface area contributed by atoms with Crippen LogP contribution in [0.3, 0.4) is 0 Å². The van der Waals surface area contributed by atoms with Gasteiger partial charge in [-0.2, -0.15) is 0 Å². The minimum Gasteiger partial charge on any atom is -0.488 e. The van der Waals surface area contributed by atoms with Gasteiger partial charge in [-0.25, -0.2) is 0 Å². The van der Waals surface area contributed by atoms with Gasteiger partial charge in [0, 0.05) is 0 Å². The van der Waals surface area contributed by atoms with Crippen LogP contribution in [0.1, 0.15) is 58.9 Å². The number of ether oxygens (including phenoxy) is 1. The Balaban J connectivity index is 2.72. The van der Waals surface area contributed by atoms with Crippen LogP contribution in [0.2, 0.25) is 0 Å². The molecule has 0 saturated heterocycles. The van der Waals surface area contributed by atoms with E-state index >= 15 is 0 Å². The van der Waals surface area contributed by atoms with E-state index in [2.05, 4.69) is 58.9 Å². The summed E-state index contributed by atoms with van der Waals surface area (Å²) in [7, 11) is 0. The summed E-state index contributed by atoms with van der Waals surface area (Å²) in [4.78, 5) is 0. The molecule has 1 rings (SSSR count). The van der Waals surface area contributed by atoms with Crippen molar-refractivity contribution in [2.24, 2.45) is 0 Å². The van der Waals surface area contributed by atoms with Crippen LogP contribution in [0.15, 0.2) is 24.3 Å². The smallest absolute Gasteiger partial charge is 0.120 e. The van der Waals surface area contributed by atoms with E-state index in [1.54, 1.807) is 0 Å². The molecular formula is C15H24O. The van der Waals surface area contributed by atoms with Crippen LogP contribution in [0, 0.1) is 0 Å². The molecule has 1 atom stereocenters. The summed E-state index contributed by atoms with van der Waals surface area (Å²) in [5.74, 6) is 1.60. The first-order valence-corrected chi connectivity index (χ1v) is 6.27. The number of rotatable bonds is 5. The third-order valence-corrected chi connectivity index (χ3v) is 3.31. The van der Waals surface area contributed by atoms with Gasteiger partial charge in [0.05, 0.1) is 0 Å². The maximum absolute atomic E-state index is 5.92. The van der Waals surface area contributed by atoms with Gasteiger partial charge >= 0.3 is 0 Å². The quantitative estimate of drug-likeness (QED) is 0.694. The highest BCUT2D eigenvalue weighted by molar-refractivity contribution is 5.29. The van der Waals surface area contributed by atoms with E-state index in [-0.39, 0.29) is 5.60 Å². The van der Waals surface area contributed by atoms with E-state index in [4.69, 9.17) is 4.74 Å². The summed E-state index contributed by atoms with van der Waals surface area (Å²) in [5, 5.41) is 0. The topological polar surface area (TPSA) is 9.23 Å². The summed E-state index contributed by atoms with van der Waals surface area (Å²) in [5.41, 5.74) is 1.32. The second-order valence-corrected chi connectivity index (χ2v) is 5.09. The van der Waals surface area contributed by atoms with Crippen LogP contribution in [0.5, 0.6) is 5.75 Å². The molecule has 0 aliphatic rings. The highest BCUT2D eigenvalue weighted by atomic mass is 16.5. The summed E-state index contributed by atoms with van der Waals surface area (Å²) in [6.07, 6.45) is 2.20. The van der Waals surface area contributed by atoms with E-state index in [9.17, 15) is 0 Å². The standard InChI is InChI=1S/C15H24O/c1-6-12(3)13-8-10-14(11-9-13)16-15(4,5)7-2/h8-12H,6-7H2,1-5H3. The Morgan fingerprint density at radius 3 is 2.12 bits per heavy atom. The molecule has 1 aromatic carbocycles. The van der Waals surface area contributed by atoms with Crippen molar-refractivity contribution in [3.8, 4) is 5.75 Å². The predicted octanol–water partition coefficient (Wildman–Crippen LogP) is 4.77. The molecule has 0 bridgehead atoms. The Bertz CT molecular complexity index is 311. The molecule has 1 nitrogen and oxygen atoms in total. The molecule has 16 heavy (non-hydrogen) atoms. The number of benzene rings is 1. The maximum Gasteiger partial charge on any atom is 0.120 e. The fraction of sp³-hybridized carbons (Fsp3) is 0.600. The third-order valence-electron chi connectivity index (χ3n) is 3.31. The highest BCUT2D eigenvalue weighted by Gasteiger charge is 2.16. The fourth-order valence-corrected chi connectivity index (χ4v) is 1.49. The molecular weight excluding hydrogens is 196 g/mol. The molecule has 90 valence electrons. The molecule has 0 saturated carbocycles. The van der Waals surface area contributed by atoms with Gasteiger partial charge in [0.1, 0.15) is 11.4 Å². The molecule has 1 aromatic rings. The number of hydrogen-bond donors (Lipinski definition) is 0. The van der Waals surface area contributed by atoms with Crippen LogP contribution in [0.25, 0.3) is 0 Å². The van der Waals surface area contributed by atoms with Gasteiger partial charge in [-0.15, -0.1) is 0 Å². The van der Waals surface area contributed by atoms with Crippen molar-refractivity contribution in [1.82, 2.24) is 0 Å². The Labute approximate surface area is 99.8 Å². The second-order valence-electron chi connectivity index (χ2n) is 5.09. The second kappa shape index (κ2) is 5.38. The Hall–Kier alpha value is -0.980. The van der Waals surface area contributed by atoms with Crippen molar-refractivity contribution in [1.29, 1.82) is 0 Å². The first kappa shape index (κ1) is 13.1. The van der Waals surface area contributed by atoms with Crippen LogP contribution in [-0.4, -0.2) is 5.60 Å². The minimum absolute atomic E-state index is 0.0715. The minimum atomic E-state index is -0.0715. The molecule has 0 heterocycles. The van der Waals surface area contributed by atoms with Crippen LogP contribution in [0.4, 0.5) is 0 Å². The predicted molar refractivity (Wildman–Crippen MR) is 70.1 cm³/mol. The lowest BCUT2D eigenvalue weighted by Crippen LogP contribution is -2.26. The van der Waals surface area contributed by atoms with Gasteiger partial charge in [0.15, 0.2) is 0 Å². The van der Waals surface area contributed by atoms with Crippen molar-refractivity contribution >= 4 is 0 Å². The molecule has 0 spiro atoms. The van der Waals surface area contributed by atoms with E-state index in [0.29, 0.717) is 5.92 Å². The van der Waals surface area contributed by atoms with Gasteiger partial charge in [-0.05, 0) is 50.3 Å². The van der Waals surface area contributed by atoms with E-state index in [1.807, 2.05) is 0 Å². The Morgan fingerprint density at radius 2 is 1.69 bits per heavy atom. The lowest BCUT2D eigenvalue weighted by atomic mass is 9.99. The summed E-state index contributed by atoms with van der Waals surface area (Å²) in [6, 6.07) is 8.52. The molecule has 0 N–H and O–H groups in total. The van der Waals surface area contributed by atoms with E-state index in [0.717, 1.165) is 12.2 Å². The molecule has 0 fully saturated rings. The lowest BCUT2D eigenvalue weighted by Gasteiger charge is -2.25. The largest absolute Gasteiger partial charge is 0.488 e. The zero-order chi connectivity index (χ0) is 12.2. The molecule has 0 radical (unpaired) electrons. The van der Waals surface area contributed by atoms with Gasteiger partial charge in [-0.1, -0.05) is 32.9 Å². The summed E-state index contributed by atoms with van der Waals surface area (Å²) < 4.78 is 5.92. The van der Waals surface area contributed by atoms with Crippen molar-refractivity contribution < 1.29 is 4.74 Å². The van der Waals surface area contributed by atoms with Gasteiger partial charge < -0.3 is 4.74 Å². The van der Waals surface area contributed by atoms with E-state index < -0.39 is 0 Å². The van der Waals surface area contributed by atoms with Gasteiger partial charge in [0.25, 0.3) is 0 Å². The molecule has 0 aliphatic heterocycles. The Kier molecular flexibility index (Phi) is 4.40. The maximum atomic E-state index is 5.92. The first-order valence-electron chi connectivity index (χ1n) is 6.27. The SMILES string of the molecule is CCC(C)c1ccc(OC(C)(C)CC)cc1. The summed E-state index contributed by atoms with van der Waals surface area (Å²) in [6.45, 7) is 10.9. The molecule has 1 unspecified atom stereocenters. The van der Waals surface area contributed by atoms with E-state index in [1.165, 1.54) is 12.0 Å². The molecule has 1 heteroatoms. The van der Waals surface area contributed by atoms with Crippen molar-refractivity contribution in [2.45, 2.75) is 59.0 Å². The zero-order valence-corrected chi connectivity index (χ0v) is 11.2. The average Bonchev–Trinajstić information content (AvgIpc) is 2.28. The molecule has 0 aliphatic carbocycles. The van der Waals surface area contributed by atoms with Crippen molar-refractivity contribution in [2.75, 3.05) is 0 Å². The lowest BCUT2D eigenvalue weighted by molar-refractivity contribution is 0.105. The van der Waals surface area contributed by atoms with Crippen LogP contribution in [-0.2, 0) is 0 Å². The third kappa shape index (κ3) is 3.55. The molecule has 0 aromatic heterocycles.